The Labute approximate surface area is 138 Å². The van der Waals surface area contributed by atoms with Gasteiger partial charge in [-0.2, -0.15) is 22.0 Å². The van der Waals surface area contributed by atoms with Crippen molar-refractivity contribution in [2.24, 2.45) is 0 Å². The Morgan fingerprint density at radius 3 is 1.92 bits per heavy atom. The Bertz CT molecular complexity index is 765. The molecule has 0 heterocycles. The summed E-state index contributed by atoms with van der Waals surface area (Å²) in [6.07, 6.45) is -5.12. The van der Waals surface area contributed by atoms with Gasteiger partial charge in [0, 0.05) is 0 Å². The fourth-order valence-electron chi connectivity index (χ4n) is 2.11. The lowest BCUT2D eigenvalue weighted by molar-refractivity contribution is -0.334. The number of halogens is 7. The first-order chi connectivity index (χ1) is 11.5. The predicted molar refractivity (Wildman–Crippen MR) is 76.7 cm³/mol. The van der Waals surface area contributed by atoms with Crippen molar-refractivity contribution in [2.75, 3.05) is 0 Å². The van der Waals surface area contributed by atoms with Crippen molar-refractivity contribution < 1.29 is 35.8 Å². The maximum atomic E-state index is 14.0. The number of benzene rings is 2. The highest BCUT2D eigenvalue weighted by atomic mass is 19.4. The summed E-state index contributed by atoms with van der Waals surface area (Å²) in [5.41, 5.74) is -4.77. The molecule has 0 aliphatic carbocycles. The molecule has 25 heavy (non-hydrogen) atoms. The maximum Gasteiger partial charge on any atom is 0.457 e. The molecule has 0 spiro atoms. The van der Waals surface area contributed by atoms with E-state index in [-0.39, 0.29) is 11.6 Å². The Morgan fingerprint density at radius 2 is 1.40 bits per heavy atom. The smallest absolute Gasteiger partial charge is 0.375 e. The molecule has 1 atom stereocenters. The van der Waals surface area contributed by atoms with Gasteiger partial charge in [0.1, 0.15) is 11.6 Å². The van der Waals surface area contributed by atoms with Crippen LogP contribution >= 0.6 is 0 Å². The van der Waals surface area contributed by atoms with Gasteiger partial charge in [-0.25, -0.2) is 8.78 Å². The molecule has 2 aromatic rings. The molecular formula is C17H11F7O. The second kappa shape index (κ2) is 6.51. The van der Waals surface area contributed by atoms with Gasteiger partial charge >= 0.3 is 12.1 Å². The van der Waals surface area contributed by atoms with Crippen LogP contribution in [0.3, 0.4) is 0 Å². The molecule has 0 radical (unpaired) electrons. The zero-order valence-corrected chi connectivity index (χ0v) is 12.4. The van der Waals surface area contributed by atoms with Gasteiger partial charge in [-0.3, -0.25) is 0 Å². The minimum Gasteiger partial charge on any atom is -0.375 e. The van der Waals surface area contributed by atoms with Crippen molar-refractivity contribution in [3.05, 3.63) is 77.4 Å². The molecule has 2 rings (SSSR count). The minimum absolute atomic E-state index is 0.0641. The second-order valence-corrected chi connectivity index (χ2v) is 5.23. The van der Waals surface area contributed by atoms with Crippen LogP contribution in [0.15, 0.2) is 54.6 Å². The Balaban J connectivity index is 2.58. The van der Waals surface area contributed by atoms with Crippen molar-refractivity contribution in [1.82, 2.24) is 0 Å². The van der Waals surface area contributed by atoms with Gasteiger partial charge in [0.15, 0.2) is 5.60 Å². The highest BCUT2D eigenvalue weighted by molar-refractivity contribution is 5.52. The molecular weight excluding hydrogens is 353 g/mol. The monoisotopic (exact) mass is 364 g/mol. The van der Waals surface area contributed by atoms with Crippen LogP contribution in [0.25, 0.3) is 6.08 Å². The topological polar surface area (TPSA) is 20.2 Å². The van der Waals surface area contributed by atoms with Crippen molar-refractivity contribution in [1.29, 1.82) is 0 Å². The van der Waals surface area contributed by atoms with Crippen LogP contribution in [-0.4, -0.2) is 17.2 Å². The molecule has 1 N–H and O–H groups in total. The van der Waals surface area contributed by atoms with Crippen LogP contribution in [0.2, 0.25) is 0 Å². The highest BCUT2D eigenvalue weighted by Gasteiger charge is 2.69. The van der Waals surface area contributed by atoms with Gasteiger partial charge < -0.3 is 5.11 Å². The third kappa shape index (κ3) is 3.68. The lowest BCUT2D eigenvalue weighted by Gasteiger charge is -2.35. The van der Waals surface area contributed by atoms with Crippen molar-refractivity contribution in [3.63, 3.8) is 0 Å². The van der Waals surface area contributed by atoms with Crippen molar-refractivity contribution in [3.8, 4) is 0 Å². The first-order valence-electron chi connectivity index (χ1n) is 6.85. The standard InChI is InChI=1S/C17H11F7O/c18-13-6-4-11(5-7-13)8-9-15(25,16(20,21)17(22,23)24)12-2-1-3-14(19)10-12/h1-10,25H/b9-8+. The molecule has 0 aliphatic rings. The largest absolute Gasteiger partial charge is 0.457 e. The molecule has 1 nitrogen and oxygen atoms in total. The number of hydrogen-bond donors (Lipinski definition) is 1. The Kier molecular flexibility index (Phi) is 4.94. The van der Waals surface area contributed by atoms with E-state index < -0.39 is 34.9 Å². The van der Waals surface area contributed by atoms with Gasteiger partial charge in [0.2, 0.25) is 0 Å². The summed E-state index contributed by atoms with van der Waals surface area (Å²) >= 11 is 0. The second-order valence-electron chi connectivity index (χ2n) is 5.23. The van der Waals surface area contributed by atoms with Gasteiger partial charge in [0.25, 0.3) is 0 Å². The number of aliphatic hydroxyl groups is 1. The van der Waals surface area contributed by atoms with E-state index >= 15 is 0 Å². The fraction of sp³-hybridized carbons (Fsp3) is 0.176. The highest BCUT2D eigenvalue weighted by Crippen LogP contribution is 2.49. The Hall–Kier alpha value is -2.35. The number of rotatable bonds is 4. The summed E-state index contributed by atoms with van der Waals surface area (Å²) in [7, 11) is 0. The van der Waals surface area contributed by atoms with Crippen molar-refractivity contribution >= 4 is 6.08 Å². The summed E-state index contributed by atoms with van der Waals surface area (Å²) in [4.78, 5) is 0. The van der Waals surface area contributed by atoms with Crippen LogP contribution in [0.4, 0.5) is 30.7 Å². The summed E-state index contributed by atoms with van der Waals surface area (Å²) in [5.74, 6) is -7.34. The molecule has 0 saturated carbocycles. The quantitative estimate of drug-likeness (QED) is 0.752. The van der Waals surface area contributed by atoms with E-state index in [4.69, 9.17) is 0 Å². The molecule has 8 heteroatoms. The average molecular weight is 364 g/mol. The molecule has 0 amide bonds. The molecule has 134 valence electrons. The third-order valence-corrected chi connectivity index (χ3v) is 3.49. The van der Waals surface area contributed by atoms with E-state index in [1.54, 1.807) is 0 Å². The molecule has 1 unspecified atom stereocenters. The third-order valence-electron chi connectivity index (χ3n) is 3.49. The van der Waals surface area contributed by atoms with Crippen LogP contribution in [0.1, 0.15) is 11.1 Å². The normalized spacial score (nSPS) is 15.4. The maximum absolute atomic E-state index is 14.0. The summed E-state index contributed by atoms with van der Waals surface area (Å²) in [5, 5.41) is 10.2. The van der Waals surface area contributed by atoms with E-state index in [1.165, 1.54) is 0 Å². The van der Waals surface area contributed by atoms with E-state index in [0.29, 0.717) is 6.07 Å². The number of alkyl halides is 5. The van der Waals surface area contributed by atoms with Gasteiger partial charge in [0.05, 0.1) is 0 Å². The first kappa shape index (κ1) is 19.0. The van der Waals surface area contributed by atoms with E-state index in [1.807, 2.05) is 0 Å². The van der Waals surface area contributed by atoms with Crippen LogP contribution in [0, 0.1) is 11.6 Å². The molecule has 0 aromatic heterocycles. The zero-order chi connectivity index (χ0) is 18.9. The van der Waals surface area contributed by atoms with Crippen LogP contribution < -0.4 is 0 Å². The van der Waals surface area contributed by atoms with Crippen LogP contribution in [0.5, 0.6) is 0 Å². The SMILES string of the molecule is OC(/C=C/c1ccc(F)cc1)(c1cccc(F)c1)C(F)(F)C(F)(F)F. The molecule has 2 aromatic carbocycles. The summed E-state index contributed by atoms with van der Waals surface area (Å²) < 4.78 is 92.4. The zero-order valence-electron chi connectivity index (χ0n) is 12.4. The van der Waals surface area contributed by atoms with Gasteiger partial charge in [-0.1, -0.05) is 30.3 Å². The molecule has 0 saturated heterocycles. The molecule has 0 fully saturated rings. The number of hydrogen-bond acceptors (Lipinski definition) is 1. The van der Waals surface area contributed by atoms with Gasteiger partial charge in [-0.05, 0) is 41.5 Å². The van der Waals surface area contributed by atoms with E-state index in [2.05, 4.69) is 0 Å². The summed E-state index contributed by atoms with van der Waals surface area (Å²) in [6.45, 7) is 0. The van der Waals surface area contributed by atoms with Gasteiger partial charge in [-0.15, -0.1) is 0 Å². The minimum atomic E-state index is -6.10. The lowest BCUT2D eigenvalue weighted by atomic mass is 9.85. The fourth-order valence-corrected chi connectivity index (χ4v) is 2.11. The van der Waals surface area contributed by atoms with Crippen molar-refractivity contribution in [2.45, 2.75) is 17.7 Å². The van der Waals surface area contributed by atoms with Crippen LogP contribution in [-0.2, 0) is 5.60 Å². The van der Waals surface area contributed by atoms with E-state index in [0.717, 1.165) is 48.5 Å². The predicted octanol–water partition coefficient (Wildman–Crippen LogP) is 5.06. The summed E-state index contributed by atoms with van der Waals surface area (Å²) in [6, 6.07) is 7.01. The average Bonchev–Trinajstić information content (AvgIpc) is 2.52. The Morgan fingerprint density at radius 1 is 0.800 bits per heavy atom. The molecule has 0 aliphatic heterocycles. The van der Waals surface area contributed by atoms with E-state index in [9.17, 15) is 35.8 Å². The molecule has 0 bridgehead atoms. The lowest BCUT2D eigenvalue weighted by Crippen LogP contribution is -2.54. The first-order valence-corrected chi connectivity index (χ1v) is 6.85.